The average Bonchev–Trinajstić information content (AvgIpc) is 3.27. The van der Waals surface area contributed by atoms with E-state index >= 15 is 0 Å². The van der Waals surface area contributed by atoms with Crippen LogP contribution < -0.4 is 15.6 Å². The summed E-state index contributed by atoms with van der Waals surface area (Å²) < 4.78 is 5.77. The molecule has 0 spiro atoms. The summed E-state index contributed by atoms with van der Waals surface area (Å²) >= 11 is 1.63. The first-order chi connectivity index (χ1) is 14.2. The molecule has 7 heteroatoms. The topological polar surface area (TPSA) is 84.1 Å². The van der Waals surface area contributed by atoms with E-state index in [9.17, 15) is 9.59 Å². The van der Waals surface area contributed by atoms with Gasteiger partial charge in [0.15, 0.2) is 0 Å². The first-order valence-corrected chi connectivity index (χ1v) is 9.78. The minimum absolute atomic E-state index is 0.238. The molecule has 0 bridgehead atoms. The minimum atomic E-state index is -0.264. The molecular formula is C22H17N3O3S. The molecule has 0 saturated carbocycles. The van der Waals surface area contributed by atoms with Gasteiger partial charge in [0.1, 0.15) is 12.4 Å². The van der Waals surface area contributed by atoms with Crippen LogP contribution in [0.25, 0.3) is 11.3 Å². The molecule has 2 heterocycles. The Labute approximate surface area is 170 Å². The third kappa shape index (κ3) is 4.77. The molecular weight excluding hydrogens is 386 g/mol. The second kappa shape index (κ2) is 8.53. The maximum absolute atomic E-state index is 12.7. The number of aromatic nitrogens is 2. The molecule has 0 aliphatic carbocycles. The van der Waals surface area contributed by atoms with Crippen molar-refractivity contribution in [1.82, 2.24) is 10.2 Å². The fourth-order valence-corrected chi connectivity index (χ4v) is 3.36. The normalized spacial score (nSPS) is 10.5. The van der Waals surface area contributed by atoms with E-state index in [-0.39, 0.29) is 11.5 Å². The Morgan fingerprint density at radius 2 is 1.93 bits per heavy atom. The van der Waals surface area contributed by atoms with E-state index in [0.717, 1.165) is 10.4 Å². The molecule has 6 nitrogen and oxygen atoms in total. The van der Waals surface area contributed by atoms with Gasteiger partial charge in [-0.15, -0.1) is 11.3 Å². The van der Waals surface area contributed by atoms with Gasteiger partial charge in [0.05, 0.1) is 5.69 Å². The van der Waals surface area contributed by atoms with Crippen molar-refractivity contribution < 1.29 is 9.53 Å². The highest BCUT2D eigenvalue weighted by Crippen LogP contribution is 2.21. The molecule has 144 valence electrons. The molecule has 4 aromatic rings. The van der Waals surface area contributed by atoms with Crippen LogP contribution in [0.2, 0.25) is 0 Å². The highest BCUT2D eigenvalue weighted by molar-refractivity contribution is 7.09. The lowest BCUT2D eigenvalue weighted by molar-refractivity contribution is 0.102. The molecule has 0 aliphatic heterocycles. The average molecular weight is 403 g/mol. The Morgan fingerprint density at radius 3 is 2.72 bits per heavy atom. The van der Waals surface area contributed by atoms with Gasteiger partial charge in [-0.2, -0.15) is 5.10 Å². The Morgan fingerprint density at radius 1 is 1.03 bits per heavy atom. The molecule has 2 aromatic carbocycles. The number of ether oxygens (including phenoxy) is 1. The number of hydrogen-bond donors (Lipinski definition) is 2. The van der Waals surface area contributed by atoms with E-state index in [1.165, 1.54) is 6.07 Å². The van der Waals surface area contributed by atoms with Gasteiger partial charge in [-0.3, -0.25) is 9.59 Å². The molecule has 0 radical (unpaired) electrons. The van der Waals surface area contributed by atoms with Crippen LogP contribution in [0, 0.1) is 0 Å². The number of benzene rings is 2. The van der Waals surface area contributed by atoms with Crippen LogP contribution in [-0.2, 0) is 6.61 Å². The Kier molecular flexibility index (Phi) is 5.49. The fourth-order valence-electron chi connectivity index (χ4n) is 2.74. The second-order valence-electron chi connectivity index (χ2n) is 6.24. The van der Waals surface area contributed by atoms with Crippen molar-refractivity contribution >= 4 is 22.9 Å². The molecule has 0 unspecified atom stereocenters. The van der Waals surface area contributed by atoms with Crippen molar-refractivity contribution in [2.24, 2.45) is 0 Å². The van der Waals surface area contributed by atoms with Crippen LogP contribution in [0.4, 0.5) is 5.69 Å². The standard InChI is InChI=1S/C22H17N3O3S/c26-21-10-9-20(24-25-21)15-4-1-6-17(12-15)23-22(27)16-5-2-7-18(13-16)28-14-19-8-3-11-29-19/h1-13H,14H2,(H,23,27)(H,25,26). The van der Waals surface area contributed by atoms with Crippen LogP contribution in [0.3, 0.4) is 0 Å². The van der Waals surface area contributed by atoms with Crippen LogP contribution in [0.1, 0.15) is 15.2 Å². The quantitative estimate of drug-likeness (QED) is 0.502. The highest BCUT2D eigenvalue weighted by atomic mass is 32.1. The zero-order valence-corrected chi connectivity index (χ0v) is 16.1. The number of rotatable bonds is 6. The molecule has 4 rings (SSSR count). The lowest BCUT2D eigenvalue weighted by Gasteiger charge is -2.09. The molecule has 0 atom stereocenters. The van der Waals surface area contributed by atoms with E-state index in [1.807, 2.05) is 35.7 Å². The predicted octanol–water partition coefficient (Wildman–Crippen LogP) is 4.33. The lowest BCUT2D eigenvalue weighted by Crippen LogP contribution is -2.12. The Balaban J connectivity index is 1.46. The van der Waals surface area contributed by atoms with Gasteiger partial charge in [-0.25, -0.2) is 5.10 Å². The number of amides is 1. The summed E-state index contributed by atoms with van der Waals surface area (Å²) in [6.45, 7) is 0.469. The second-order valence-corrected chi connectivity index (χ2v) is 7.27. The smallest absolute Gasteiger partial charge is 0.264 e. The zero-order valence-electron chi connectivity index (χ0n) is 15.3. The Bertz CT molecular complexity index is 1170. The van der Waals surface area contributed by atoms with E-state index in [1.54, 1.807) is 47.7 Å². The molecule has 0 fully saturated rings. The fraction of sp³-hybridized carbons (Fsp3) is 0.0455. The summed E-state index contributed by atoms with van der Waals surface area (Å²) in [6.07, 6.45) is 0. The number of hydrogen-bond acceptors (Lipinski definition) is 5. The molecule has 0 saturated heterocycles. The highest BCUT2D eigenvalue weighted by Gasteiger charge is 2.09. The van der Waals surface area contributed by atoms with Gasteiger partial charge < -0.3 is 10.1 Å². The van der Waals surface area contributed by atoms with Gasteiger partial charge >= 0.3 is 0 Å². The van der Waals surface area contributed by atoms with Gasteiger partial charge in [0.2, 0.25) is 0 Å². The monoisotopic (exact) mass is 403 g/mol. The maximum atomic E-state index is 12.7. The number of thiophene rings is 1. The minimum Gasteiger partial charge on any atom is -0.488 e. The number of anilines is 1. The van der Waals surface area contributed by atoms with Gasteiger partial charge in [0, 0.05) is 27.8 Å². The summed E-state index contributed by atoms with van der Waals surface area (Å²) in [6, 6.07) is 21.4. The van der Waals surface area contributed by atoms with E-state index in [2.05, 4.69) is 15.5 Å². The Hall–Kier alpha value is -3.71. The van der Waals surface area contributed by atoms with Gasteiger partial charge in [-0.05, 0) is 47.8 Å². The largest absolute Gasteiger partial charge is 0.488 e. The summed E-state index contributed by atoms with van der Waals surface area (Å²) in [5.41, 5.74) is 2.27. The summed E-state index contributed by atoms with van der Waals surface area (Å²) in [4.78, 5) is 25.0. The molecule has 1 amide bonds. The van der Waals surface area contributed by atoms with Crippen LogP contribution >= 0.6 is 11.3 Å². The molecule has 0 aliphatic rings. The van der Waals surface area contributed by atoms with Crippen LogP contribution in [0.5, 0.6) is 5.75 Å². The van der Waals surface area contributed by atoms with E-state index in [0.29, 0.717) is 29.3 Å². The third-order valence-corrected chi connectivity index (χ3v) is 5.00. The number of carbonyl (C=O) groups excluding carboxylic acids is 1. The number of H-pyrrole nitrogens is 1. The van der Waals surface area contributed by atoms with Crippen molar-refractivity contribution in [2.45, 2.75) is 6.61 Å². The van der Waals surface area contributed by atoms with Crippen molar-refractivity contribution in [3.05, 3.63) is 99.0 Å². The summed E-state index contributed by atoms with van der Waals surface area (Å²) in [7, 11) is 0. The van der Waals surface area contributed by atoms with Crippen molar-refractivity contribution in [3.8, 4) is 17.0 Å². The molecule has 2 N–H and O–H groups in total. The van der Waals surface area contributed by atoms with E-state index < -0.39 is 0 Å². The first kappa shape index (κ1) is 18.6. The van der Waals surface area contributed by atoms with Gasteiger partial charge in [-0.1, -0.05) is 24.3 Å². The van der Waals surface area contributed by atoms with Crippen LogP contribution in [0.15, 0.2) is 83.0 Å². The lowest BCUT2D eigenvalue weighted by atomic mass is 10.1. The predicted molar refractivity (Wildman–Crippen MR) is 113 cm³/mol. The number of carbonyl (C=O) groups is 1. The number of aromatic amines is 1. The first-order valence-electron chi connectivity index (χ1n) is 8.90. The van der Waals surface area contributed by atoms with Gasteiger partial charge in [0.25, 0.3) is 11.5 Å². The number of nitrogens with one attached hydrogen (secondary N) is 2. The summed E-state index contributed by atoms with van der Waals surface area (Å²) in [5, 5.41) is 11.3. The van der Waals surface area contributed by atoms with Crippen molar-refractivity contribution in [1.29, 1.82) is 0 Å². The van der Waals surface area contributed by atoms with Crippen molar-refractivity contribution in [3.63, 3.8) is 0 Å². The SMILES string of the molecule is O=C(Nc1cccc(-c2ccc(=O)[nH]n2)c1)c1cccc(OCc2cccs2)c1. The van der Waals surface area contributed by atoms with Crippen molar-refractivity contribution in [2.75, 3.05) is 5.32 Å². The summed E-state index contributed by atoms with van der Waals surface area (Å²) in [5.74, 6) is 0.399. The zero-order chi connectivity index (χ0) is 20.1. The van der Waals surface area contributed by atoms with E-state index in [4.69, 9.17) is 4.74 Å². The van der Waals surface area contributed by atoms with Crippen LogP contribution in [-0.4, -0.2) is 16.1 Å². The number of nitrogens with zero attached hydrogens (tertiary/aromatic N) is 1. The third-order valence-electron chi connectivity index (χ3n) is 4.15. The molecule has 2 aromatic heterocycles. The maximum Gasteiger partial charge on any atom is 0.264 e. The molecule has 29 heavy (non-hydrogen) atoms.